The van der Waals surface area contributed by atoms with Gasteiger partial charge < -0.3 is 0 Å². The Morgan fingerprint density at radius 3 is 2.78 bits per heavy atom. The fraction of sp³-hybridized carbons (Fsp3) is 0. The first-order chi connectivity index (χ1) is 8.66. The van der Waals surface area contributed by atoms with Gasteiger partial charge in [-0.15, -0.1) is 5.10 Å². The molecule has 7 heteroatoms. The lowest BCUT2D eigenvalue weighted by Gasteiger charge is -2.04. The molecule has 0 saturated heterocycles. The minimum Gasteiger partial charge on any atom is -0.228 e. The van der Waals surface area contributed by atoms with Gasteiger partial charge in [0, 0.05) is 6.07 Å². The second-order valence-corrected chi connectivity index (χ2v) is 3.94. The van der Waals surface area contributed by atoms with Gasteiger partial charge in [0.2, 0.25) is 0 Å². The second-order valence-electron chi connectivity index (χ2n) is 3.59. The van der Waals surface area contributed by atoms with Crippen LogP contribution in [0.2, 0.25) is 5.15 Å². The summed E-state index contributed by atoms with van der Waals surface area (Å²) < 4.78 is 27.8. The number of fused-ring (bicyclic) bond motifs is 1. The Bertz CT molecular complexity index is 741. The third-order valence-corrected chi connectivity index (χ3v) is 2.77. The van der Waals surface area contributed by atoms with Crippen LogP contribution in [-0.2, 0) is 0 Å². The molecule has 3 aromatic rings. The van der Waals surface area contributed by atoms with Crippen molar-refractivity contribution in [1.82, 2.24) is 20.0 Å². The van der Waals surface area contributed by atoms with Crippen LogP contribution in [0.3, 0.4) is 0 Å². The molecule has 18 heavy (non-hydrogen) atoms. The number of halogens is 3. The first kappa shape index (κ1) is 11.0. The van der Waals surface area contributed by atoms with Gasteiger partial charge in [-0.25, -0.2) is 13.5 Å². The summed E-state index contributed by atoms with van der Waals surface area (Å²) in [6.07, 6.45) is 2.87. The molecule has 0 aliphatic rings. The van der Waals surface area contributed by atoms with E-state index in [0.717, 1.165) is 12.1 Å². The molecule has 1 aromatic carbocycles. The van der Waals surface area contributed by atoms with Gasteiger partial charge in [-0.1, -0.05) is 11.6 Å². The van der Waals surface area contributed by atoms with Crippen molar-refractivity contribution in [3.63, 3.8) is 0 Å². The predicted octanol–water partition coefficient (Wildman–Crippen LogP) is 2.75. The standard InChI is InChI=1S/C11H5ClF2N4/c12-11-7-4-16-18(10(7)5-15-17-11)9-2-1-6(13)3-8(9)14/h1-5H. The van der Waals surface area contributed by atoms with Gasteiger partial charge >= 0.3 is 0 Å². The molecular formula is C11H5ClF2N4. The summed E-state index contributed by atoms with van der Waals surface area (Å²) >= 11 is 5.84. The lowest BCUT2D eigenvalue weighted by atomic mass is 10.3. The number of nitrogens with zero attached hydrogens (tertiary/aromatic N) is 4. The van der Waals surface area contributed by atoms with Crippen molar-refractivity contribution in [2.45, 2.75) is 0 Å². The van der Waals surface area contributed by atoms with Crippen LogP contribution >= 0.6 is 11.6 Å². The highest BCUT2D eigenvalue weighted by Crippen LogP contribution is 2.23. The Morgan fingerprint density at radius 1 is 1.17 bits per heavy atom. The molecule has 0 bridgehead atoms. The molecule has 0 unspecified atom stereocenters. The van der Waals surface area contributed by atoms with E-state index in [0.29, 0.717) is 10.9 Å². The topological polar surface area (TPSA) is 43.6 Å². The molecule has 0 spiro atoms. The molecule has 90 valence electrons. The maximum atomic E-state index is 13.7. The normalized spacial score (nSPS) is 11.1. The van der Waals surface area contributed by atoms with Crippen molar-refractivity contribution in [2.24, 2.45) is 0 Å². The third kappa shape index (κ3) is 1.62. The summed E-state index contributed by atoms with van der Waals surface area (Å²) in [5.41, 5.74) is 0.621. The van der Waals surface area contributed by atoms with Crippen LogP contribution in [0, 0.1) is 11.6 Å². The number of hydrogen-bond acceptors (Lipinski definition) is 3. The van der Waals surface area contributed by atoms with Crippen molar-refractivity contribution in [1.29, 1.82) is 0 Å². The molecule has 0 amide bonds. The molecule has 3 rings (SSSR count). The minimum atomic E-state index is -0.715. The largest absolute Gasteiger partial charge is 0.228 e. The maximum Gasteiger partial charge on any atom is 0.162 e. The van der Waals surface area contributed by atoms with Crippen molar-refractivity contribution in [3.05, 3.63) is 47.4 Å². The van der Waals surface area contributed by atoms with E-state index in [9.17, 15) is 8.78 Å². The van der Waals surface area contributed by atoms with Crippen LogP contribution in [-0.4, -0.2) is 20.0 Å². The Morgan fingerprint density at radius 2 is 2.00 bits per heavy atom. The zero-order valence-corrected chi connectivity index (χ0v) is 9.57. The highest BCUT2D eigenvalue weighted by molar-refractivity contribution is 6.33. The van der Waals surface area contributed by atoms with Gasteiger partial charge in [-0.05, 0) is 12.1 Å². The first-order valence-electron chi connectivity index (χ1n) is 4.97. The van der Waals surface area contributed by atoms with Crippen LogP contribution < -0.4 is 0 Å². The van der Waals surface area contributed by atoms with Crippen LogP contribution in [0.1, 0.15) is 0 Å². The highest BCUT2D eigenvalue weighted by Gasteiger charge is 2.12. The van der Waals surface area contributed by atoms with Gasteiger partial charge in [0.1, 0.15) is 11.5 Å². The van der Waals surface area contributed by atoms with Crippen molar-refractivity contribution in [3.8, 4) is 5.69 Å². The van der Waals surface area contributed by atoms with E-state index in [4.69, 9.17) is 11.6 Å². The summed E-state index contributed by atoms with van der Waals surface area (Å²) in [6.45, 7) is 0. The number of rotatable bonds is 1. The molecule has 0 aliphatic heterocycles. The van der Waals surface area contributed by atoms with Gasteiger partial charge in [-0.3, -0.25) is 0 Å². The van der Waals surface area contributed by atoms with Crippen molar-refractivity contribution in [2.75, 3.05) is 0 Å². The molecule has 0 N–H and O–H groups in total. The summed E-state index contributed by atoms with van der Waals surface area (Å²) in [4.78, 5) is 0. The lowest BCUT2D eigenvalue weighted by molar-refractivity contribution is 0.575. The maximum absolute atomic E-state index is 13.7. The van der Waals surface area contributed by atoms with E-state index < -0.39 is 11.6 Å². The molecule has 0 radical (unpaired) electrons. The Balaban J connectivity index is 2.29. The molecule has 0 fully saturated rings. The van der Waals surface area contributed by atoms with Crippen molar-refractivity contribution >= 4 is 22.5 Å². The predicted molar refractivity (Wildman–Crippen MR) is 61.6 cm³/mol. The van der Waals surface area contributed by atoms with Crippen LogP contribution in [0.25, 0.3) is 16.6 Å². The van der Waals surface area contributed by atoms with Gasteiger partial charge in [0.05, 0.1) is 23.3 Å². The van der Waals surface area contributed by atoms with E-state index in [1.54, 1.807) is 0 Å². The lowest BCUT2D eigenvalue weighted by Crippen LogP contribution is -2.00. The Labute approximate surface area is 105 Å². The summed E-state index contributed by atoms with van der Waals surface area (Å²) in [5, 5.41) is 12.1. The number of benzene rings is 1. The highest BCUT2D eigenvalue weighted by atomic mass is 35.5. The fourth-order valence-corrected chi connectivity index (χ4v) is 1.86. The molecule has 2 heterocycles. The summed E-state index contributed by atoms with van der Waals surface area (Å²) in [6, 6.07) is 3.24. The van der Waals surface area contributed by atoms with E-state index >= 15 is 0 Å². The third-order valence-electron chi connectivity index (χ3n) is 2.49. The van der Waals surface area contributed by atoms with E-state index in [-0.39, 0.29) is 10.8 Å². The Hall–Kier alpha value is -2.08. The average molecular weight is 267 g/mol. The van der Waals surface area contributed by atoms with Crippen LogP contribution in [0.4, 0.5) is 8.78 Å². The van der Waals surface area contributed by atoms with E-state index in [1.165, 1.54) is 23.1 Å². The number of aromatic nitrogens is 4. The molecular weight excluding hydrogens is 262 g/mol. The van der Waals surface area contributed by atoms with Gasteiger partial charge in [0.25, 0.3) is 0 Å². The summed E-state index contributed by atoms with van der Waals surface area (Å²) in [7, 11) is 0. The first-order valence-corrected chi connectivity index (χ1v) is 5.35. The molecule has 4 nitrogen and oxygen atoms in total. The Kier molecular flexibility index (Phi) is 2.45. The molecule has 0 aliphatic carbocycles. The van der Waals surface area contributed by atoms with Gasteiger partial charge in [-0.2, -0.15) is 10.2 Å². The average Bonchev–Trinajstić information content (AvgIpc) is 2.74. The monoisotopic (exact) mass is 266 g/mol. The quantitative estimate of drug-likeness (QED) is 0.680. The number of hydrogen-bond donors (Lipinski definition) is 0. The SMILES string of the molecule is Fc1ccc(-n2ncc3c(Cl)nncc32)c(F)c1. The minimum absolute atomic E-state index is 0.121. The van der Waals surface area contributed by atoms with Crippen LogP contribution in [0.5, 0.6) is 0 Å². The van der Waals surface area contributed by atoms with Crippen LogP contribution in [0.15, 0.2) is 30.6 Å². The van der Waals surface area contributed by atoms with Crippen molar-refractivity contribution < 1.29 is 8.78 Å². The second kappa shape index (κ2) is 3.99. The fourth-order valence-electron chi connectivity index (χ4n) is 1.67. The molecule has 2 aromatic heterocycles. The molecule has 0 saturated carbocycles. The molecule has 0 atom stereocenters. The summed E-state index contributed by atoms with van der Waals surface area (Å²) in [5.74, 6) is -1.36. The van der Waals surface area contributed by atoms with E-state index in [2.05, 4.69) is 15.3 Å². The zero-order valence-electron chi connectivity index (χ0n) is 8.81. The van der Waals surface area contributed by atoms with E-state index in [1.807, 2.05) is 0 Å². The van der Waals surface area contributed by atoms with Gasteiger partial charge in [0.15, 0.2) is 11.0 Å². The zero-order chi connectivity index (χ0) is 12.7. The smallest absolute Gasteiger partial charge is 0.162 e.